The summed E-state index contributed by atoms with van der Waals surface area (Å²) in [6.45, 7) is 6.33. The molecule has 0 N–H and O–H groups in total. The molecule has 460 valence electrons. The predicted molar refractivity (Wildman–Crippen MR) is 353 cm³/mol. The largest absolute Gasteiger partial charge is 0.462 e. The average molecular weight is 1120 g/mol. The summed E-state index contributed by atoms with van der Waals surface area (Å²) in [5, 5.41) is 0. The number of unbranched alkanes of at least 4 members (excludes halogenated alkanes) is 28. The van der Waals surface area contributed by atoms with Crippen LogP contribution in [0, 0.1) is 0 Å². The summed E-state index contributed by atoms with van der Waals surface area (Å²) in [5.74, 6) is -1.05. The molecule has 6 nitrogen and oxygen atoms in total. The van der Waals surface area contributed by atoms with E-state index < -0.39 is 12.1 Å². The summed E-state index contributed by atoms with van der Waals surface area (Å²) in [7, 11) is 0. The van der Waals surface area contributed by atoms with Gasteiger partial charge in [-0.25, -0.2) is 0 Å². The number of ether oxygens (including phenoxy) is 3. The van der Waals surface area contributed by atoms with Gasteiger partial charge in [0.1, 0.15) is 13.2 Å². The Hall–Kier alpha value is -4.45. The third-order valence-corrected chi connectivity index (χ3v) is 14.2. The quantitative estimate of drug-likeness (QED) is 0.0261. The Labute approximate surface area is 500 Å². The van der Waals surface area contributed by atoms with Gasteiger partial charge in [0.05, 0.1) is 6.42 Å². The third kappa shape index (κ3) is 66.2. The number of carbonyl (C=O) groups is 3. The van der Waals surface area contributed by atoms with Gasteiger partial charge in [0.2, 0.25) is 0 Å². The Morgan fingerprint density at radius 2 is 0.519 bits per heavy atom. The lowest BCUT2D eigenvalue weighted by Gasteiger charge is -2.18. The first kappa shape index (κ1) is 76.5. The van der Waals surface area contributed by atoms with E-state index in [1.54, 1.807) is 6.08 Å². The maximum atomic E-state index is 12.8. The summed E-state index contributed by atoms with van der Waals surface area (Å²) in [6.07, 6.45) is 96.5. The molecule has 0 aliphatic rings. The molecule has 0 rings (SSSR count). The Balaban J connectivity index is 4.25. The molecule has 0 aromatic heterocycles. The molecule has 0 aliphatic carbocycles. The number of allylic oxidation sites excluding steroid dienone is 21. The minimum atomic E-state index is -0.839. The van der Waals surface area contributed by atoms with E-state index >= 15 is 0 Å². The lowest BCUT2D eigenvalue weighted by Crippen LogP contribution is -2.30. The molecule has 0 saturated carbocycles. The molecule has 1 unspecified atom stereocenters. The van der Waals surface area contributed by atoms with Crippen molar-refractivity contribution in [2.24, 2.45) is 0 Å². The minimum Gasteiger partial charge on any atom is -0.462 e. The van der Waals surface area contributed by atoms with E-state index in [1.807, 2.05) is 6.08 Å². The first-order valence-electron chi connectivity index (χ1n) is 33.7. The van der Waals surface area contributed by atoms with Gasteiger partial charge in [-0.3, -0.25) is 14.4 Å². The van der Waals surface area contributed by atoms with Gasteiger partial charge in [-0.1, -0.05) is 302 Å². The summed E-state index contributed by atoms with van der Waals surface area (Å²) >= 11 is 0. The number of hydrogen-bond donors (Lipinski definition) is 0. The molecule has 0 aliphatic heterocycles. The fraction of sp³-hybridized carbons (Fsp3) is 0.667. The van der Waals surface area contributed by atoms with Crippen molar-refractivity contribution >= 4 is 17.9 Å². The van der Waals surface area contributed by atoms with E-state index in [0.29, 0.717) is 12.8 Å². The molecule has 0 spiro atoms. The van der Waals surface area contributed by atoms with Crippen LogP contribution in [0.2, 0.25) is 0 Å². The van der Waals surface area contributed by atoms with Crippen molar-refractivity contribution in [1.29, 1.82) is 0 Å². The summed E-state index contributed by atoms with van der Waals surface area (Å²) < 4.78 is 16.8. The minimum absolute atomic E-state index is 0.0931. The molecule has 0 aromatic rings. The van der Waals surface area contributed by atoms with Gasteiger partial charge < -0.3 is 14.2 Å². The standard InChI is InChI=1S/C75H124O6/c1-4-7-10-13-16-19-22-25-28-29-30-31-32-33-34-35-36-37-38-39-40-41-42-43-44-45-48-50-53-56-59-62-65-68-74(77)80-71-72(81-75(78)69-66-63-60-57-54-51-47-27-24-21-18-15-12-9-6-3)70-79-73(76)67-64-61-58-55-52-49-46-26-23-20-17-14-11-8-5-2/h7,9-10,12,16,18-19,21,25-28,30-31,33-34,46-47,54,57,63,66,72H,4-6,8,11,13-15,17,20,22-24,29,32,35-45,48-53,55-56,58-62,64-65,67-71H2,1-3H3/b10-7-,12-9-,19-16-,21-18-,28-25-,31-30-,34-33-,46-26-,47-27-,57-54-,66-63-. The smallest absolute Gasteiger partial charge is 0.310 e. The van der Waals surface area contributed by atoms with Crippen molar-refractivity contribution in [3.63, 3.8) is 0 Å². The second kappa shape index (κ2) is 68.1. The molecule has 0 bridgehead atoms. The van der Waals surface area contributed by atoms with Crippen LogP contribution in [0.3, 0.4) is 0 Å². The third-order valence-electron chi connectivity index (χ3n) is 14.2. The van der Waals surface area contributed by atoms with Gasteiger partial charge in [0, 0.05) is 12.8 Å². The maximum absolute atomic E-state index is 12.8. The van der Waals surface area contributed by atoms with E-state index in [-0.39, 0.29) is 31.6 Å². The number of hydrogen-bond acceptors (Lipinski definition) is 6. The Morgan fingerprint density at radius 1 is 0.272 bits per heavy atom. The van der Waals surface area contributed by atoms with Crippen LogP contribution in [0.4, 0.5) is 0 Å². The van der Waals surface area contributed by atoms with Crippen molar-refractivity contribution < 1.29 is 28.6 Å². The first-order valence-corrected chi connectivity index (χ1v) is 33.7. The van der Waals surface area contributed by atoms with E-state index in [0.717, 1.165) is 116 Å². The number of rotatable bonds is 60. The van der Waals surface area contributed by atoms with Crippen molar-refractivity contribution in [1.82, 2.24) is 0 Å². The highest BCUT2D eigenvalue weighted by Gasteiger charge is 2.19. The predicted octanol–water partition coefficient (Wildman–Crippen LogP) is 23.3. The Morgan fingerprint density at radius 3 is 0.827 bits per heavy atom. The fourth-order valence-corrected chi connectivity index (χ4v) is 9.19. The zero-order valence-corrected chi connectivity index (χ0v) is 52.8. The Bertz CT molecular complexity index is 1720. The maximum Gasteiger partial charge on any atom is 0.310 e. The van der Waals surface area contributed by atoms with Crippen molar-refractivity contribution in [3.8, 4) is 0 Å². The van der Waals surface area contributed by atoms with Crippen LogP contribution >= 0.6 is 0 Å². The zero-order chi connectivity index (χ0) is 58.5. The molecule has 0 heterocycles. The molecular weight excluding hydrogens is 997 g/mol. The van der Waals surface area contributed by atoms with Crippen molar-refractivity contribution in [2.45, 2.75) is 309 Å². The summed E-state index contributed by atoms with van der Waals surface area (Å²) in [5.41, 5.74) is 0. The number of esters is 3. The van der Waals surface area contributed by atoms with Gasteiger partial charge in [0.15, 0.2) is 6.10 Å². The second-order valence-electron chi connectivity index (χ2n) is 22.0. The van der Waals surface area contributed by atoms with Crippen LogP contribution in [0.5, 0.6) is 0 Å². The highest BCUT2D eigenvalue weighted by molar-refractivity contribution is 5.72. The van der Waals surface area contributed by atoms with Crippen molar-refractivity contribution in [2.75, 3.05) is 13.2 Å². The molecule has 0 saturated heterocycles. The SMILES string of the molecule is CC/C=C\C/C=C\C/C=C\C/C=C\C/C=C\CCCCCCCCCCCCCCCCCCCC(=O)OCC(COC(=O)CCCCCCC/C=C\CCCCCCCC)OC(=O)C/C=C\C/C=C\C/C=C\C/C=C\C/C=C\CC. The summed E-state index contributed by atoms with van der Waals surface area (Å²) in [4.78, 5) is 38.2. The first-order chi connectivity index (χ1) is 40.0. The van der Waals surface area contributed by atoms with Gasteiger partial charge in [0.25, 0.3) is 0 Å². The lowest BCUT2D eigenvalue weighted by atomic mass is 10.0. The monoisotopic (exact) mass is 1120 g/mol. The van der Waals surface area contributed by atoms with Crippen LogP contribution in [-0.4, -0.2) is 37.2 Å². The average Bonchev–Trinajstić information content (AvgIpc) is 3.47. The molecule has 0 fully saturated rings. The topological polar surface area (TPSA) is 78.9 Å². The fourth-order valence-electron chi connectivity index (χ4n) is 9.19. The van der Waals surface area contributed by atoms with Gasteiger partial charge in [-0.15, -0.1) is 0 Å². The molecule has 0 aromatic carbocycles. The van der Waals surface area contributed by atoms with Crippen LogP contribution < -0.4 is 0 Å². The van der Waals surface area contributed by atoms with Gasteiger partial charge >= 0.3 is 17.9 Å². The van der Waals surface area contributed by atoms with Gasteiger partial charge in [-0.2, -0.15) is 0 Å². The molecular formula is C75H124O6. The van der Waals surface area contributed by atoms with Crippen LogP contribution in [0.1, 0.15) is 303 Å². The van der Waals surface area contributed by atoms with Gasteiger partial charge in [-0.05, 0) is 116 Å². The van der Waals surface area contributed by atoms with Crippen LogP contribution in [0.15, 0.2) is 134 Å². The molecule has 0 radical (unpaired) electrons. The summed E-state index contributed by atoms with van der Waals surface area (Å²) in [6, 6.07) is 0. The van der Waals surface area contributed by atoms with Crippen LogP contribution in [-0.2, 0) is 28.6 Å². The molecule has 81 heavy (non-hydrogen) atoms. The van der Waals surface area contributed by atoms with E-state index in [2.05, 4.69) is 142 Å². The second-order valence-corrected chi connectivity index (χ2v) is 22.0. The highest BCUT2D eigenvalue weighted by Crippen LogP contribution is 2.16. The molecule has 1 atom stereocenters. The highest BCUT2D eigenvalue weighted by atomic mass is 16.6. The lowest BCUT2D eigenvalue weighted by molar-refractivity contribution is -0.166. The van der Waals surface area contributed by atoms with Crippen molar-refractivity contribution in [3.05, 3.63) is 134 Å². The molecule has 0 amide bonds. The van der Waals surface area contributed by atoms with Crippen LogP contribution in [0.25, 0.3) is 0 Å². The number of carbonyl (C=O) groups excluding carboxylic acids is 3. The van der Waals surface area contributed by atoms with E-state index in [1.165, 1.54) is 148 Å². The van der Waals surface area contributed by atoms with E-state index in [9.17, 15) is 14.4 Å². The zero-order valence-electron chi connectivity index (χ0n) is 52.8. The molecule has 6 heteroatoms. The van der Waals surface area contributed by atoms with E-state index in [4.69, 9.17) is 14.2 Å². The Kier molecular flexibility index (Phi) is 64.3. The normalized spacial score (nSPS) is 13.0.